The molecule has 0 bridgehead atoms. The highest BCUT2D eigenvalue weighted by molar-refractivity contribution is 7.17. The molecule has 0 aliphatic heterocycles. The molecule has 1 aliphatic carbocycles. The second-order valence-electron chi connectivity index (χ2n) is 7.63. The molecule has 0 aromatic carbocycles. The van der Waals surface area contributed by atoms with E-state index in [4.69, 9.17) is 0 Å². The van der Waals surface area contributed by atoms with E-state index in [2.05, 4.69) is 22.4 Å². The lowest BCUT2D eigenvalue weighted by atomic mass is 9.87. The van der Waals surface area contributed by atoms with Crippen molar-refractivity contribution in [1.82, 2.24) is 24.5 Å². The van der Waals surface area contributed by atoms with Crippen LogP contribution in [0.4, 0.5) is 0 Å². The fourth-order valence-electron chi connectivity index (χ4n) is 3.93. The molecule has 0 radical (unpaired) electrons. The molecule has 8 heteroatoms. The molecule has 0 spiro atoms. The van der Waals surface area contributed by atoms with E-state index < -0.39 is 0 Å². The van der Waals surface area contributed by atoms with Crippen LogP contribution in [0.2, 0.25) is 0 Å². The van der Waals surface area contributed by atoms with Gasteiger partial charge in [0.2, 0.25) is 11.7 Å². The first kappa shape index (κ1) is 18.2. The van der Waals surface area contributed by atoms with Gasteiger partial charge in [0.15, 0.2) is 0 Å². The predicted molar refractivity (Wildman–Crippen MR) is 106 cm³/mol. The van der Waals surface area contributed by atoms with Gasteiger partial charge >= 0.3 is 0 Å². The van der Waals surface area contributed by atoms with Gasteiger partial charge in [-0.3, -0.25) is 18.6 Å². The van der Waals surface area contributed by atoms with Crippen LogP contribution in [0.3, 0.4) is 0 Å². The second kappa shape index (κ2) is 7.42. The number of nitrogens with zero attached hydrogens (tertiary/aromatic N) is 4. The molecule has 7 nitrogen and oxygen atoms in total. The maximum absolute atomic E-state index is 12.4. The average Bonchev–Trinajstić information content (AvgIpc) is 3.28. The number of carbonyl (C=O) groups excluding carboxylic acids is 1. The van der Waals surface area contributed by atoms with Gasteiger partial charge in [0.1, 0.15) is 10.5 Å². The first-order valence-corrected chi connectivity index (χ1v) is 10.5. The molecule has 27 heavy (non-hydrogen) atoms. The molecule has 1 saturated carbocycles. The number of nitrogens with one attached hydrogen (secondary N) is 1. The summed E-state index contributed by atoms with van der Waals surface area (Å²) >= 11 is 1.43. The zero-order valence-corrected chi connectivity index (χ0v) is 16.6. The number of hydrogen-bond acceptors (Lipinski definition) is 5. The third-order valence-electron chi connectivity index (χ3n) is 5.58. The van der Waals surface area contributed by atoms with Crippen LogP contribution < -0.4 is 10.9 Å². The predicted octanol–water partition coefficient (Wildman–Crippen LogP) is 2.66. The quantitative estimate of drug-likeness (QED) is 0.730. The van der Waals surface area contributed by atoms with Crippen LogP contribution in [0.1, 0.15) is 51.3 Å². The Hall–Kier alpha value is -2.22. The van der Waals surface area contributed by atoms with Gasteiger partial charge in [-0.05, 0) is 49.5 Å². The van der Waals surface area contributed by atoms with E-state index in [1.807, 2.05) is 15.8 Å². The molecule has 1 fully saturated rings. The molecule has 1 N–H and O–H groups in total. The number of rotatable bonds is 5. The van der Waals surface area contributed by atoms with Crippen molar-refractivity contribution >= 4 is 33.2 Å². The number of carbonyl (C=O) groups is 1. The summed E-state index contributed by atoms with van der Waals surface area (Å²) in [5, 5.41) is 13.5. The summed E-state index contributed by atoms with van der Waals surface area (Å²) in [6, 6.07) is 2.26. The third kappa shape index (κ3) is 3.50. The second-order valence-corrected chi connectivity index (χ2v) is 8.54. The number of aryl methyl sites for hydroxylation is 2. The van der Waals surface area contributed by atoms with E-state index in [1.54, 1.807) is 7.05 Å². The number of hydrogen-bond donors (Lipinski definition) is 1. The maximum atomic E-state index is 12.4. The molecule has 3 aromatic heterocycles. The molecular formula is C19H25N5O2S. The molecule has 1 aliphatic rings. The lowest BCUT2D eigenvalue weighted by Gasteiger charge is -2.26. The van der Waals surface area contributed by atoms with Gasteiger partial charge in [-0.1, -0.05) is 6.92 Å². The van der Waals surface area contributed by atoms with Crippen LogP contribution in [0, 0.1) is 5.92 Å². The lowest BCUT2D eigenvalue weighted by molar-refractivity contribution is -0.122. The van der Waals surface area contributed by atoms with Crippen molar-refractivity contribution in [3.05, 3.63) is 27.6 Å². The van der Waals surface area contributed by atoms with E-state index in [1.165, 1.54) is 28.7 Å². The molecule has 3 aromatic rings. The normalized spacial score (nSPS) is 20.4. The fourth-order valence-corrected chi connectivity index (χ4v) is 4.78. The van der Waals surface area contributed by atoms with Crippen LogP contribution >= 0.6 is 11.3 Å². The first-order valence-electron chi connectivity index (χ1n) is 9.64. The van der Waals surface area contributed by atoms with Crippen LogP contribution in [-0.4, -0.2) is 31.1 Å². The zero-order chi connectivity index (χ0) is 19.0. The Bertz CT molecular complexity index is 1030. The van der Waals surface area contributed by atoms with Crippen molar-refractivity contribution in [3.63, 3.8) is 0 Å². The summed E-state index contributed by atoms with van der Waals surface area (Å²) < 4.78 is 4.18. The molecule has 0 atom stereocenters. The van der Waals surface area contributed by atoms with E-state index in [9.17, 15) is 9.59 Å². The topological polar surface area (TPSA) is 81.3 Å². The van der Waals surface area contributed by atoms with Gasteiger partial charge in [-0.2, -0.15) is 0 Å². The van der Waals surface area contributed by atoms with Crippen molar-refractivity contribution in [1.29, 1.82) is 0 Å². The molecule has 0 unspecified atom stereocenters. The van der Waals surface area contributed by atoms with Crippen LogP contribution in [0.5, 0.6) is 0 Å². The Morgan fingerprint density at radius 2 is 2.07 bits per heavy atom. The average molecular weight is 388 g/mol. The fraction of sp³-hybridized carbons (Fsp3) is 0.579. The smallest absolute Gasteiger partial charge is 0.272 e. The molecule has 4 rings (SSSR count). The minimum Gasteiger partial charge on any atom is -0.353 e. The summed E-state index contributed by atoms with van der Waals surface area (Å²) in [6.45, 7) is 2.28. The molecule has 144 valence electrons. The number of thiophene rings is 1. The van der Waals surface area contributed by atoms with Crippen LogP contribution in [-0.2, 0) is 18.3 Å². The Morgan fingerprint density at radius 3 is 2.85 bits per heavy atom. The van der Waals surface area contributed by atoms with Crippen molar-refractivity contribution in [2.45, 2.75) is 57.9 Å². The monoisotopic (exact) mass is 387 g/mol. The van der Waals surface area contributed by atoms with E-state index >= 15 is 0 Å². The maximum Gasteiger partial charge on any atom is 0.272 e. The Labute approximate surface area is 161 Å². The van der Waals surface area contributed by atoms with Crippen molar-refractivity contribution < 1.29 is 4.79 Å². The molecule has 1 amide bonds. The Balaban J connectivity index is 1.42. The van der Waals surface area contributed by atoms with Crippen molar-refractivity contribution in [3.8, 4) is 0 Å². The van der Waals surface area contributed by atoms with E-state index in [0.29, 0.717) is 35.8 Å². The van der Waals surface area contributed by atoms with Gasteiger partial charge in [0, 0.05) is 25.9 Å². The molecule has 0 saturated heterocycles. The lowest BCUT2D eigenvalue weighted by Crippen LogP contribution is -2.37. The van der Waals surface area contributed by atoms with Crippen molar-refractivity contribution in [2.75, 3.05) is 0 Å². The number of aromatic nitrogens is 4. The minimum atomic E-state index is -0.0485. The van der Waals surface area contributed by atoms with Crippen LogP contribution in [0.15, 0.2) is 16.2 Å². The zero-order valence-electron chi connectivity index (χ0n) is 15.8. The summed E-state index contributed by atoms with van der Waals surface area (Å²) in [6.07, 6.45) is 6.43. The van der Waals surface area contributed by atoms with Crippen LogP contribution in [0.25, 0.3) is 16.0 Å². The van der Waals surface area contributed by atoms with E-state index in [0.717, 1.165) is 30.1 Å². The highest BCUT2D eigenvalue weighted by Crippen LogP contribution is 2.23. The summed E-state index contributed by atoms with van der Waals surface area (Å²) in [5.74, 6) is 2.24. The SMILES string of the molecule is CC1CCC(NC(=O)CCCc2nnc3n(C)c(=O)c4sccc4n23)CC1. The number of amides is 1. The summed E-state index contributed by atoms with van der Waals surface area (Å²) in [4.78, 5) is 24.6. The van der Waals surface area contributed by atoms with Gasteiger partial charge < -0.3 is 5.32 Å². The third-order valence-corrected chi connectivity index (χ3v) is 6.47. The van der Waals surface area contributed by atoms with Gasteiger partial charge in [0.05, 0.1) is 5.52 Å². The Morgan fingerprint density at radius 1 is 1.30 bits per heavy atom. The summed E-state index contributed by atoms with van der Waals surface area (Å²) in [5.41, 5.74) is 0.798. The molecule has 3 heterocycles. The van der Waals surface area contributed by atoms with Gasteiger partial charge in [-0.25, -0.2) is 0 Å². The Kier molecular flexibility index (Phi) is 4.99. The van der Waals surface area contributed by atoms with Gasteiger partial charge in [-0.15, -0.1) is 21.5 Å². The summed E-state index contributed by atoms with van der Waals surface area (Å²) in [7, 11) is 1.72. The number of fused-ring (bicyclic) bond motifs is 3. The molecular weight excluding hydrogens is 362 g/mol. The highest BCUT2D eigenvalue weighted by atomic mass is 32.1. The van der Waals surface area contributed by atoms with E-state index in [-0.39, 0.29) is 11.5 Å². The van der Waals surface area contributed by atoms with Gasteiger partial charge in [0.25, 0.3) is 5.56 Å². The van der Waals surface area contributed by atoms with Crippen molar-refractivity contribution in [2.24, 2.45) is 13.0 Å². The first-order chi connectivity index (χ1) is 13.0. The highest BCUT2D eigenvalue weighted by Gasteiger charge is 2.20. The standard InChI is InChI=1S/C19H25N5O2S/c1-12-6-8-13(9-7-12)20-16(25)5-3-4-15-21-22-19-23(2)18(26)17-14(24(15)19)10-11-27-17/h10-13H,3-9H2,1-2H3,(H,20,25). The minimum absolute atomic E-state index is 0.0485. The largest absolute Gasteiger partial charge is 0.353 e.